The Morgan fingerprint density at radius 3 is 2.17 bits per heavy atom. The number of ether oxygens (including phenoxy) is 3. The summed E-state index contributed by atoms with van der Waals surface area (Å²) in [5.41, 5.74) is 0.282. The van der Waals surface area contributed by atoms with Crippen molar-refractivity contribution in [1.82, 2.24) is 4.31 Å². The van der Waals surface area contributed by atoms with Gasteiger partial charge in [-0.15, -0.1) is 0 Å². The number of hydrogen-bond acceptors (Lipinski definition) is 8. The van der Waals surface area contributed by atoms with E-state index in [1.54, 1.807) is 0 Å². The van der Waals surface area contributed by atoms with Gasteiger partial charge in [0.05, 0.1) is 48.3 Å². The molecule has 0 saturated carbocycles. The zero-order valence-corrected chi connectivity index (χ0v) is 20.9. The molecule has 1 fully saturated rings. The molecular weight excluding hydrogens is 500 g/mol. The maximum absolute atomic E-state index is 13.2. The van der Waals surface area contributed by atoms with Crippen LogP contribution in [0.3, 0.4) is 0 Å². The van der Waals surface area contributed by atoms with Gasteiger partial charge in [-0.05, 0) is 49.2 Å². The number of esters is 2. The minimum absolute atomic E-state index is 0.00198. The van der Waals surface area contributed by atoms with E-state index in [0.29, 0.717) is 18.6 Å². The molecule has 35 heavy (non-hydrogen) atoms. The van der Waals surface area contributed by atoms with Gasteiger partial charge in [0, 0.05) is 18.8 Å². The fourth-order valence-corrected chi connectivity index (χ4v) is 5.62. The van der Waals surface area contributed by atoms with Crippen LogP contribution >= 0.6 is 11.6 Å². The van der Waals surface area contributed by atoms with Gasteiger partial charge in [-0.3, -0.25) is 4.79 Å². The van der Waals surface area contributed by atoms with Crippen LogP contribution in [0.1, 0.15) is 33.6 Å². The molecular formula is C23H25ClN2O8S. The number of methoxy groups -OCH3 is 3. The molecule has 2 aromatic carbocycles. The van der Waals surface area contributed by atoms with Gasteiger partial charge >= 0.3 is 11.9 Å². The van der Waals surface area contributed by atoms with Crippen LogP contribution in [0.25, 0.3) is 0 Å². The van der Waals surface area contributed by atoms with Crippen LogP contribution in [0.2, 0.25) is 5.02 Å². The third kappa shape index (κ3) is 5.92. The summed E-state index contributed by atoms with van der Waals surface area (Å²) in [6, 6.07) is 8.21. The molecule has 1 aliphatic rings. The highest BCUT2D eigenvalue weighted by Gasteiger charge is 2.34. The number of hydrogen-bond donors (Lipinski definition) is 1. The maximum Gasteiger partial charge on any atom is 0.337 e. The fraction of sp³-hybridized carbons (Fsp3) is 0.348. The highest BCUT2D eigenvalue weighted by molar-refractivity contribution is 7.89. The van der Waals surface area contributed by atoms with Crippen LogP contribution in [-0.4, -0.2) is 65.0 Å². The Labute approximate surface area is 208 Å². The predicted octanol–water partition coefficient (Wildman–Crippen LogP) is 2.96. The summed E-state index contributed by atoms with van der Waals surface area (Å²) in [5, 5.41) is 2.83. The zero-order chi connectivity index (χ0) is 25.8. The van der Waals surface area contributed by atoms with E-state index in [0.717, 1.165) is 0 Å². The highest BCUT2D eigenvalue weighted by Crippen LogP contribution is 2.30. The second-order valence-electron chi connectivity index (χ2n) is 7.77. The lowest BCUT2D eigenvalue weighted by atomic mass is 9.98. The SMILES string of the molecule is COC(=O)c1cc(NC(=O)[C@@H]2CCCN(S(=O)(=O)c3ccc(OC)c(Cl)c3)C2)cc(C(=O)OC)c1. The minimum atomic E-state index is -3.90. The van der Waals surface area contributed by atoms with Crippen molar-refractivity contribution < 1.29 is 37.0 Å². The highest BCUT2D eigenvalue weighted by atomic mass is 35.5. The number of nitrogens with one attached hydrogen (secondary N) is 1. The third-order valence-electron chi connectivity index (χ3n) is 5.56. The summed E-state index contributed by atoms with van der Waals surface area (Å²) < 4.78 is 42.0. The topological polar surface area (TPSA) is 128 Å². The van der Waals surface area contributed by atoms with E-state index < -0.39 is 33.8 Å². The molecule has 1 aliphatic heterocycles. The predicted molar refractivity (Wildman–Crippen MR) is 127 cm³/mol. The number of anilines is 1. The second kappa shape index (κ2) is 11.1. The molecule has 12 heteroatoms. The van der Waals surface area contributed by atoms with Crippen molar-refractivity contribution in [2.75, 3.05) is 39.7 Å². The van der Waals surface area contributed by atoms with Gasteiger partial charge in [0.25, 0.3) is 0 Å². The average Bonchev–Trinajstić information content (AvgIpc) is 2.87. The van der Waals surface area contributed by atoms with Crippen LogP contribution in [0.15, 0.2) is 41.3 Å². The third-order valence-corrected chi connectivity index (χ3v) is 7.72. The molecule has 3 rings (SSSR count). The smallest absolute Gasteiger partial charge is 0.337 e. The van der Waals surface area contributed by atoms with Gasteiger partial charge in [0.2, 0.25) is 15.9 Å². The van der Waals surface area contributed by atoms with E-state index in [9.17, 15) is 22.8 Å². The molecule has 1 heterocycles. The van der Waals surface area contributed by atoms with Crippen molar-refractivity contribution in [3.8, 4) is 5.75 Å². The first kappa shape index (κ1) is 26.5. The molecule has 0 spiro atoms. The van der Waals surface area contributed by atoms with Crippen molar-refractivity contribution in [2.45, 2.75) is 17.7 Å². The van der Waals surface area contributed by atoms with Crippen molar-refractivity contribution >= 4 is 45.2 Å². The molecule has 188 valence electrons. The quantitative estimate of drug-likeness (QED) is 0.547. The number of rotatable bonds is 7. The summed E-state index contributed by atoms with van der Waals surface area (Å²) in [6.07, 6.45) is 0.929. The van der Waals surface area contributed by atoms with Gasteiger partial charge in [0.1, 0.15) is 5.75 Å². The molecule has 2 aromatic rings. The Bertz CT molecular complexity index is 1210. The number of benzene rings is 2. The lowest BCUT2D eigenvalue weighted by Crippen LogP contribution is -2.43. The molecule has 0 unspecified atom stereocenters. The number of nitrogens with zero attached hydrogens (tertiary/aromatic N) is 1. The van der Waals surface area contributed by atoms with Crippen molar-refractivity contribution in [3.63, 3.8) is 0 Å². The van der Waals surface area contributed by atoms with Gasteiger partial charge in [0.15, 0.2) is 0 Å². The lowest BCUT2D eigenvalue weighted by Gasteiger charge is -2.31. The summed E-state index contributed by atoms with van der Waals surface area (Å²) in [7, 11) is -0.0859. The van der Waals surface area contributed by atoms with Crippen molar-refractivity contribution in [3.05, 3.63) is 52.5 Å². The molecule has 10 nitrogen and oxygen atoms in total. The van der Waals surface area contributed by atoms with Crippen LogP contribution in [-0.2, 0) is 24.3 Å². The van der Waals surface area contributed by atoms with E-state index in [-0.39, 0.29) is 39.8 Å². The average molecular weight is 525 g/mol. The van der Waals surface area contributed by atoms with Crippen LogP contribution in [0.4, 0.5) is 5.69 Å². The van der Waals surface area contributed by atoms with Crippen molar-refractivity contribution in [1.29, 1.82) is 0 Å². The fourth-order valence-electron chi connectivity index (χ4n) is 3.75. The van der Waals surface area contributed by atoms with Gasteiger partial charge < -0.3 is 19.5 Å². The molecule has 1 saturated heterocycles. The number of piperidine rings is 1. The normalized spacial score (nSPS) is 16.3. The molecule has 1 amide bonds. The Hall–Kier alpha value is -3.15. The molecule has 0 aliphatic carbocycles. The summed E-state index contributed by atoms with van der Waals surface area (Å²) in [6.45, 7) is 0.207. The number of halogens is 1. The summed E-state index contributed by atoms with van der Waals surface area (Å²) >= 11 is 6.10. The molecule has 0 bridgehead atoms. The van der Waals surface area contributed by atoms with Crippen LogP contribution in [0, 0.1) is 5.92 Å². The number of carbonyl (C=O) groups is 3. The monoisotopic (exact) mass is 524 g/mol. The first-order valence-corrected chi connectivity index (χ1v) is 12.4. The number of amides is 1. The Balaban J connectivity index is 1.80. The Morgan fingerprint density at radius 1 is 1.00 bits per heavy atom. The lowest BCUT2D eigenvalue weighted by molar-refractivity contribution is -0.120. The van der Waals surface area contributed by atoms with Crippen molar-refractivity contribution in [2.24, 2.45) is 5.92 Å². The van der Waals surface area contributed by atoms with Gasteiger partial charge in [-0.25, -0.2) is 18.0 Å². The second-order valence-corrected chi connectivity index (χ2v) is 10.1. The standard InChI is InChI=1S/C23H25ClN2O8S/c1-32-20-7-6-18(12-19(20)24)35(30,31)26-8-4-5-14(13-26)21(27)25-17-10-15(22(28)33-2)9-16(11-17)23(29)34-3/h6-7,9-12,14H,4-5,8,13H2,1-3H3,(H,25,27)/t14-/m1/s1. The Morgan fingerprint density at radius 2 is 1.63 bits per heavy atom. The van der Waals surface area contributed by atoms with E-state index in [4.69, 9.17) is 25.8 Å². The summed E-state index contributed by atoms with van der Waals surface area (Å²) in [4.78, 5) is 37.0. The first-order valence-electron chi connectivity index (χ1n) is 10.6. The molecule has 1 N–H and O–H groups in total. The number of carbonyl (C=O) groups excluding carboxylic acids is 3. The van der Waals surface area contributed by atoms with Gasteiger partial charge in [-0.1, -0.05) is 11.6 Å². The van der Waals surface area contributed by atoms with E-state index in [1.165, 1.54) is 62.0 Å². The number of sulfonamides is 1. The maximum atomic E-state index is 13.2. The van der Waals surface area contributed by atoms with Gasteiger partial charge in [-0.2, -0.15) is 4.31 Å². The molecule has 0 aromatic heterocycles. The first-order chi connectivity index (χ1) is 16.6. The molecule has 1 atom stereocenters. The zero-order valence-electron chi connectivity index (χ0n) is 19.4. The van der Waals surface area contributed by atoms with E-state index in [2.05, 4.69) is 5.32 Å². The Kier molecular flexibility index (Phi) is 8.36. The summed E-state index contributed by atoms with van der Waals surface area (Å²) in [5.74, 6) is -2.15. The molecule has 0 radical (unpaired) electrons. The van der Waals surface area contributed by atoms with E-state index >= 15 is 0 Å². The van der Waals surface area contributed by atoms with E-state index in [1.807, 2.05) is 0 Å². The minimum Gasteiger partial charge on any atom is -0.495 e. The van der Waals surface area contributed by atoms with Crippen LogP contribution < -0.4 is 10.1 Å². The largest absolute Gasteiger partial charge is 0.495 e. The van der Waals surface area contributed by atoms with Crippen LogP contribution in [0.5, 0.6) is 5.75 Å².